The Bertz CT molecular complexity index is 880. The molecule has 2 heterocycles. The number of alkyl halides is 3. The third kappa shape index (κ3) is 3.93. The fourth-order valence-electron chi connectivity index (χ4n) is 2.38. The Morgan fingerprint density at radius 2 is 1.96 bits per heavy atom. The van der Waals surface area contributed by atoms with E-state index in [2.05, 4.69) is 20.2 Å². The fraction of sp³-hybridized carbons (Fsp3) is 0.235. The number of nitrogens with one attached hydrogen (secondary N) is 1. The molecule has 3 rings (SSSR count). The van der Waals surface area contributed by atoms with E-state index in [1.54, 1.807) is 43.6 Å². The molecule has 136 valence electrons. The molecule has 0 aliphatic rings. The second-order valence-electron chi connectivity index (χ2n) is 5.61. The molecule has 0 atom stereocenters. The fourth-order valence-corrected chi connectivity index (χ4v) is 2.38. The topological polar surface area (TPSA) is 66.9 Å². The van der Waals surface area contributed by atoms with Crippen molar-refractivity contribution in [2.75, 3.05) is 19.1 Å². The second kappa shape index (κ2) is 7.03. The van der Waals surface area contributed by atoms with Gasteiger partial charge >= 0.3 is 6.18 Å². The molecule has 26 heavy (non-hydrogen) atoms. The summed E-state index contributed by atoms with van der Waals surface area (Å²) in [6.07, 6.45) is -3.02. The molecule has 0 bridgehead atoms. The molecule has 0 saturated carbocycles. The van der Waals surface area contributed by atoms with Crippen LogP contribution < -0.4 is 9.64 Å². The van der Waals surface area contributed by atoms with Crippen molar-refractivity contribution in [2.24, 2.45) is 0 Å². The summed E-state index contributed by atoms with van der Waals surface area (Å²) >= 11 is 0. The van der Waals surface area contributed by atoms with Crippen LogP contribution in [0, 0.1) is 0 Å². The van der Waals surface area contributed by atoms with Gasteiger partial charge < -0.3 is 9.64 Å². The maximum Gasteiger partial charge on any atom is 0.433 e. The maximum absolute atomic E-state index is 13.3. The van der Waals surface area contributed by atoms with Crippen LogP contribution in [0.4, 0.5) is 19.1 Å². The Morgan fingerprint density at radius 1 is 1.15 bits per heavy atom. The number of nitrogens with zero attached hydrogens (tertiary/aromatic N) is 4. The van der Waals surface area contributed by atoms with Gasteiger partial charge in [-0.3, -0.25) is 5.10 Å². The van der Waals surface area contributed by atoms with Crippen molar-refractivity contribution in [1.29, 1.82) is 0 Å². The summed E-state index contributed by atoms with van der Waals surface area (Å²) in [5.74, 6) is 0.495. The van der Waals surface area contributed by atoms with E-state index in [-0.39, 0.29) is 11.6 Å². The molecule has 2 aromatic heterocycles. The van der Waals surface area contributed by atoms with Gasteiger partial charge in [0.1, 0.15) is 5.75 Å². The van der Waals surface area contributed by atoms with Gasteiger partial charge in [0.25, 0.3) is 0 Å². The number of hydrogen-bond acceptors (Lipinski definition) is 5. The minimum Gasteiger partial charge on any atom is -0.497 e. The maximum atomic E-state index is 13.3. The lowest BCUT2D eigenvalue weighted by atomic mass is 10.1. The lowest BCUT2D eigenvalue weighted by molar-refractivity contribution is -0.141. The third-order valence-corrected chi connectivity index (χ3v) is 3.68. The highest BCUT2D eigenvalue weighted by Gasteiger charge is 2.34. The Hall–Kier alpha value is -3.10. The number of benzene rings is 1. The summed E-state index contributed by atoms with van der Waals surface area (Å²) in [5.41, 5.74) is 0.402. The number of aromatic nitrogens is 4. The number of anilines is 1. The highest BCUT2D eigenvalue weighted by Crippen LogP contribution is 2.32. The average Bonchev–Trinajstić information content (AvgIpc) is 3.13. The molecule has 9 heteroatoms. The van der Waals surface area contributed by atoms with Crippen LogP contribution in [0.2, 0.25) is 0 Å². The molecular weight excluding hydrogens is 347 g/mol. The van der Waals surface area contributed by atoms with Crippen LogP contribution >= 0.6 is 0 Å². The Labute approximate surface area is 147 Å². The number of ether oxygens (including phenoxy) is 1. The zero-order valence-electron chi connectivity index (χ0n) is 14.1. The zero-order chi connectivity index (χ0) is 18.7. The molecular formula is C17H16F3N5O. The van der Waals surface area contributed by atoms with Gasteiger partial charge in [-0.05, 0) is 24.3 Å². The average molecular weight is 363 g/mol. The van der Waals surface area contributed by atoms with Gasteiger partial charge in [-0.15, -0.1) is 0 Å². The highest BCUT2D eigenvalue weighted by molar-refractivity contribution is 5.63. The van der Waals surface area contributed by atoms with E-state index >= 15 is 0 Å². The second-order valence-corrected chi connectivity index (χ2v) is 5.61. The van der Waals surface area contributed by atoms with Gasteiger partial charge in [-0.1, -0.05) is 12.1 Å². The molecule has 0 spiro atoms. The van der Waals surface area contributed by atoms with Gasteiger partial charge in [-0.2, -0.15) is 18.3 Å². The van der Waals surface area contributed by atoms with E-state index in [4.69, 9.17) is 4.74 Å². The highest BCUT2D eigenvalue weighted by atomic mass is 19.4. The zero-order valence-corrected chi connectivity index (χ0v) is 14.1. The minimum absolute atomic E-state index is 0.0350. The molecule has 0 saturated heterocycles. The van der Waals surface area contributed by atoms with Crippen molar-refractivity contribution in [3.8, 4) is 17.0 Å². The molecule has 0 radical (unpaired) electrons. The van der Waals surface area contributed by atoms with E-state index in [0.717, 1.165) is 11.8 Å². The molecule has 0 unspecified atom stereocenters. The Morgan fingerprint density at radius 3 is 2.62 bits per heavy atom. The quantitative estimate of drug-likeness (QED) is 0.751. The molecule has 1 N–H and O–H groups in total. The molecule has 6 nitrogen and oxygen atoms in total. The van der Waals surface area contributed by atoms with E-state index in [0.29, 0.717) is 17.9 Å². The third-order valence-electron chi connectivity index (χ3n) is 3.68. The summed E-state index contributed by atoms with van der Waals surface area (Å²) in [4.78, 5) is 9.50. The summed E-state index contributed by atoms with van der Waals surface area (Å²) in [7, 11) is 3.11. The number of aromatic amines is 1. The summed E-state index contributed by atoms with van der Waals surface area (Å²) in [5, 5.41) is 6.58. The van der Waals surface area contributed by atoms with Crippen LogP contribution in [0.25, 0.3) is 11.3 Å². The van der Waals surface area contributed by atoms with Crippen LogP contribution in [0.15, 0.2) is 42.6 Å². The van der Waals surface area contributed by atoms with Gasteiger partial charge in [0.15, 0.2) is 5.69 Å². The molecule has 0 aliphatic heterocycles. The number of halogens is 3. The van der Waals surface area contributed by atoms with Crippen molar-refractivity contribution < 1.29 is 17.9 Å². The van der Waals surface area contributed by atoms with Crippen molar-refractivity contribution in [3.63, 3.8) is 0 Å². The number of hydrogen-bond donors (Lipinski definition) is 1. The normalized spacial score (nSPS) is 11.4. The van der Waals surface area contributed by atoms with E-state index in [9.17, 15) is 13.2 Å². The first kappa shape index (κ1) is 17.7. The summed E-state index contributed by atoms with van der Waals surface area (Å²) in [6.45, 7) is 0.291. The van der Waals surface area contributed by atoms with Gasteiger partial charge in [0.05, 0.1) is 25.0 Å². The van der Waals surface area contributed by atoms with Gasteiger partial charge in [0.2, 0.25) is 5.95 Å². The van der Waals surface area contributed by atoms with E-state index in [1.165, 1.54) is 12.0 Å². The number of H-pyrrole nitrogens is 1. The molecule has 3 aromatic rings. The van der Waals surface area contributed by atoms with Crippen molar-refractivity contribution >= 4 is 5.95 Å². The molecule has 0 fully saturated rings. The monoisotopic (exact) mass is 363 g/mol. The van der Waals surface area contributed by atoms with Crippen LogP contribution in [0.1, 0.15) is 11.4 Å². The largest absolute Gasteiger partial charge is 0.497 e. The van der Waals surface area contributed by atoms with E-state index in [1.807, 2.05) is 0 Å². The molecule has 1 aromatic carbocycles. The first-order valence-corrected chi connectivity index (χ1v) is 7.67. The smallest absolute Gasteiger partial charge is 0.433 e. The standard InChI is InChI=1S/C17H16F3N5O/c1-25(10-12-6-7-21-24-12)16-22-14(9-15(23-16)17(18,19)20)11-4-3-5-13(8-11)26-2/h3-9H,10H2,1-2H3,(H,21,24). The van der Waals surface area contributed by atoms with Crippen LogP contribution in [-0.2, 0) is 12.7 Å². The van der Waals surface area contributed by atoms with Crippen LogP contribution in [-0.4, -0.2) is 34.3 Å². The predicted molar refractivity (Wildman–Crippen MR) is 89.7 cm³/mol. The number of rotatable bonds is 5. The lowest BCUT2D eigenvalue weighted by Gasteiger charge is -2.19. The summed E-state index contributed by atoms with van der Waals surface area (Å²) in [6, 6.07) is 9.36. The van der Waals surface area contributed by atoms with Crippen LogP contribution in [0.5, 0.6) is 5.75 Å². The summed E-state index contributed by atoms with van der Waals surface area (Å²) < 4.78 is 45.0. The first-order chi connectivity index (χ1) is 12.4. The van der Waals surface area contributed by atoms with E-state index < -0.39 is 11.9 Å². The molecule has 0 aliphatic carbocycles. The van der Waals surface area contributed by atoms with Gasteiger partial charge in [-0.25, -0.2) is 9.97 Å². The van der Waals surface area contributed by atoms with Crippen molar-refractivity contribution in [2.45, 2.75) is 12.7 Å². The van der Waals surface area contributed by atoms with Crippen LogP contribution in [0.3, 0.4) is 0 Å². The van der Waals surface area contributed by atoms with Crippen molar-refractivity contribution in [1.82, 2.24) is 20.2 Å². The lowest BCUT2D eigenvalue weighted by Crippen LogP contribution is -2.21. The van der Waals surface area contributed by atoms with Gasteiger partial charge in [0, 0.05) is 18.8 Å². The predicted octanol–water partition coefficient (Wildman–Crippen LogP) is 3.53. The molecule has 0 amide bonds. The number of methoxy groups -OCH3 is 1. The minimum atomic E-state index is -4.58. The first-order valence-electron chi connectivity index (χ1n) is 7.67. The van der Waals surface area contributed by atoms with Crippen molar-refractivity contribution in [3.05, 3.63) is 54.0 Å². The Kier molecular flexibility index (Phi) is 4.79. The SMILES string of the molecule is COc1cccc(-c2cc(C(F)(F)F)nc(N(C)Cc3ccn[nH]3)n2)c1. The Balaban J connectivity index is 2.03.